The van der Waals surface area contributed by atoms with Crippen molar-refractivity contribution in [2.45, 2.75) is 6.04 Å². The Balaban J connectivity index is 2.15. The zero-order valence-corrected chi connectivity index (χ0v) is 12.2. The molecule has 116 valence electrons. The minimum Gasteiger partial charge on any atom is -0.496 e. The zero-order valence-electron chi connectivity index (χ0n) is 12.2. The number of para-hydroxylation sites is 1. The minimum atomic E-state index is -0.866. The highest BCUT2D eigenvalue weighted by Gasteiger charge is 2.32. The highest BCUT2D eigenvalue weighted by molar-refractivity contribution is 5.76. The van der Waals surface area contributed by atoms with Crippen molar-refractivity contribution in [3.8, 4) is 5.75 Å². The normalized spacial score (nSPS) is 18.4. The van der Waals surface area contributed by atoms with Gasteiger partial charge in [0.1, 0.15) is 11.8 Å². The molecule has 1 aliphatic rings. The molecule has 0 bridgehead atoms. The van der Waals surface area contributed by atoms with Crippen LogP contribution < -0.4 is 4.74 Å². The number of hydrogen-bond donors (Lipinski definition) is 2. The number of carboxylic acids is 1. The molecular formula is C15H22N2O4. The first-order valence-electron chi connectivity index (χ1n) is 7.10. The fraction of sp³-hybridized carbons (Fsp3) is 0.533. The Morgan fingerprint density at radius 3 is 2.52 bits per heavy atom. The van der Waals surface area contributed by atoms with Crippen molar-refractivity contribution < 1.29 is 19.7 Å². The van der Waals surface area contributed by atoms with Crippen LogP contribution in [-0.2, 0) is 4.79 Å². The molecule has 6 nitrogen and oxygen atoms in total. The molecule has 2 N–H and O–H groups in total. The van der Waals surface area contributed by atoms with Crippen LogP contribution in [0.1, 0.15) is 11.6 Å². The fourth-order valence-corrected chi connectivity index (χ4v) is 2.76. The van der Waals surface area contributed by atoms with Crippen LogP contribution in [0.2, 0.25) is 0 Å². The predicted molar refractivity (Wildman–Crippen MR) is 78.5 cm³/mol. The minimum absolute atomic E-state index is 0.134. The summed E-state index contributed by atoms with van der Waals surface area (Å²) in [6, 6.07) is 6.55. The second kappa shape index (κ2) is 7.40. The average molecular weight is 294 g/mol. The maximum absolute atomic E-state index is 11.7. The van der Waals surface area contributed by atoms with Crippen molar-refractivity contribution in [3.63, 3.8) is 0 Å². The van der Waals surface area contributed by atoms with Gasteiger partial charge < -0.3 is 14.9 Å². The predicted octanol–water partition coefficient (Wildman–Crippen LogP) is 0.431. The number of nitrogens with zero attached hydrogens (tertiary/aromatic N) is 2. The third kappa shape index (κ3) is 3.72. The van der Waals surface area contributed by atoms with Gasteiger partial charge in [0.15, 0.2) is 0 Å². The van der Waals surface area contributed by atoms with Gasteiger partial charge in [-0.1, -0.05) is 18.2 Å². The van der Waals surface area contributed by atoms with Crippen molar-refractivity contribution in [1.29, 1.82) is 0 Å². The number of aliphatic hydroxyl groups excluding tert-OH is 1. The second-order valence-corrected chi connectivity index (χ2v) is 5.08. The summed E-state index contributed by atoms with van der Waals surface area (Å²) in [7, 11) is 1.55. The molecule has 6 heteroatoms. The Labute approximate surface area is 124 Å². The van der Waals surface area contributed by atoms with Crippen LogP contribution in [0.25, 0.3) is 0 Å². The molecule has 1 atom stereocenters. The molecule has 0 radical (unpaired) electrons. The number of ether oxygens (including phenoxy) is 1. The lowest BCUT2D eigenvalue weighted by Crippen LogP contribution is -2.49. The summed E-state index contributed by atoms with van der Waals surface area (Å²) >= 11 is 0. The number of carboxylic acid groups (broad SMARTS) is 1. The molecule has 1 unspecified atom stereocenters. The Morgan fingerprint density at radius 2 is 1.95 bits per heavy atom. The molecule has 0 aliphatic carbocycles. The van der Waals surface area contributed by atoms with E-state index in [1.807, 2.05) is 17.0 Å². The number of methoxy groups -OCH3 is 1. The molecule has 1 heterocycles. The van der Waals surface area contributed by atoms with E-state index >= 15 is 0 Å². The van der Waals surface area contributed by atoms with Gasteiger partial charge in [0.2, 0.25) is 0 Å². The summed E-state index contributed by atoms with van der Waals surface area (Å²) < 4.78 is 5.29. The van der Waals surface area contributed by atoms with Gasteiger partial charge in [0.05, 0.1) is 13.7 Å². The number of rotatable bonds is 6. The monoisotopic (exact) mass is 294 g/mol. The van der Waals surface area contributed by atoms with Crippen molar-refractivity contribution in [2.75, 3.05) is 46.4 Å². The third-order valence-electron chi connectivity index (χ3n) is 3.86. The molecule has 1 aromatic rings. The summed E-state index contributed by atoms with van der Waals surface area (Å²) in [6.07, 6.45) is 0. The lowest BCUT2D eigenvalue weighted by atomic mass is 10.0. The highest BCUT2D eigenvalue weighted by atomic mass is 16.5. The van der Waals surface area contributed by atoms with Gasteiger partial charge in [-0.15, -0.1) is 0 Å². The van der Waals surface area contributed by atoms with Gasteiger partial charge in [-0.2, -0.15) is 0 Å². The summed E-state index contributed by atoms with van der Waals surface area (Å²) in [4.78, 5) is 15.8. The van der Waals surface area contributed by atoms with E-state index in [1.165, 1.54) is 0 Å². The lowest BCUT2D eigenvalue weighted by Gasteiger charge is -2.37. The number of hydrogen-bond acceptors (Lipinski definition) is 5. The molecular weight excluding hydrogens is 272 g/mol. The molecule has 1 aliphatic heterocycles. The van der Waals surface area contributed by atoms with Gasteiger partial charge in [-0.05, 0) is 6.07 Å². The number of benzene rings is 1. The zero-order chi connectivity index (χ0) is 15.2. The van der Waals surface area contributed by atoms with E-state index in [4.69, 9.17) is 9.84 Å². The standard InChI is InChI=1S/C15H22N2O4/c1-21-13-5-3-2-4-12(13)14(15(19)20)17-8-6-16(7-9-17)10-11-18/h2-5,14,18H,6-11H2,1H3,(H,19,20). The average Bonchev–Trinajstić information content (AvgIpc) is 2.50. The second-order valence-electron chi connectivity index (χ2n) is 5.08. The topological polar surface area (TPSA) is 73.2 Å². The lowest BCUT2D eigenvalue weighted by molar-refractivity contribution is -0.144. The highest BCUT2D eigenvalue weighted by Crippen LogP contribution is 2.30. The Bertz CT molecular complexity index is 472. The first-order valence-corrected chi connectivity index (χ1v) is 7.10. The smallest absolute Gasteiger partial charge is 0.325 e. The Kier molecular flexibility index (Phi) is 5.55. The van der Waals surface area contributed by atoms with Gasteiger partial charge >= 0.3 is 5.97 Å². The van der Waals surface area contributed by atoms with E-state index in [1.54, 1.807) is 19.2 Å². The van der Waals surface area contributed by atoms with Gasteiger partial charge in [0, 0.05) is 38.3 Å². The van der Waals surface area contributed by atoms with Crippen LogP contribution in [-0.4, -0.2) is 72.4 Å². The van der Waals surface area contributed by atoms with Crippen LogP contribution in [0.4, 0.5) is 0 Å². The molecule has 2 rings (SSSR count). The molecule has 0 spiro atoms. The maximum atomic E-state index is 11.7. The molecule has 0 amide bonds. The number of piperazine rings is 1. The van der Waals surface area contributed by atoms with E-state index in [9.17, 15) is 9.90 Å². The Hall–Kier alpha value is -1.63. The summed E-state index contributed by atoms with van der Waals surface area (Å²) in [6.45, 7) is 3.62. The summed E-state index contributed by atoms with van der Waals surface area (Å²) in [5.74, 6) is -0.266. The number of carbonyl (C=O) groups is 1. The van der Waals surface area contributed by atoms with Gasteiger partial charge in [-0.25, -0.2) is 0 Å². The summed E-state index contributed by atoms with van der Waals surface area (Å²) in [5.41, 5.74) is 0.683. The van der Waals surface area contributed by atoms with Crippen molar-refractivity contribution >= 4 is 5.97 Å². The van der Waals surface area contributed by atoms with E-state index in [-0.39, 0.29) is 6.61 Å². The van der Waals surface area contributed by atoms with Crippen LogP contribution in [0.15, 0.2) is 24.3 Å². The first-order chi connectivity index (χ1) is 10.2. The molecule has 1 saturated heterocycles. The molecule has 1 aromatic carbocycles. The SMILES string of the molecule is COc1ccccc1C(C(=O)O)N1CCN(CCO)CC1. The fourth-order valence-electron chi connectivity index (χ4n) is 2.76. The number of aliphatic hydroxyl groups is 1. The molecule has 1 fully saturated rings. The van der Waals surface area contributed by atoms with Crippen molar-refractivity contribution in [2.24, 2.45) is 0 Å². The van der Waals surface area contributed by atoms with Crippen LogP contribution >= 0.6 is 0 Å². The third-order valence-corrected chi connectivity index (χ3v) is 3.86. The van der Waals surface area contributed by atoms with Crippen LogP contribution in [0.3, 0.4) is 0 Å². The van der Waals surface area contributed by atoms with Gasteiger partial charge in [-0.3, -0.25) is 14.6 Å². The molecule has 0 saturated carbocycles. The number of aliphatic carboxylic acids is 1. The summed E-state index contributed by atoms with van der Waals surface area (Å²) in [5, 5.41) is 18.6. The largest absolute Gasteiger partial charge is 0.496 e. The van der Waals surface area contributed by atoms with E-state index in [0.29, 0.717) is 30.9 Å². The number of β-amino-alcohol motifs (C(OH)–C–C–N with tert-alkyl or cyclic N) is 1. The van der Waals surface area contributed by atoms with E-state index in [0.717, 1.165) is 13.1 Å². The quantitative estimate of drug-likeness (QED) is 0.793. The molecule has 21 heavy (non-hydrogen) atoms. The first kappa shape index (κ1) is 15.8. The molecule has 0 aromatic heterocycles. The Morgan fingerprint density at radius 1 is 1.29 bits per heavy atom. The van der Waals surface area contributed by atoms with E-state index < -0.39 is 12.0 Å². The van der Waals surface area contributed by atoms with Gasteiger partial charge in [0.25, 0.3) is 0 Å². The van der Waals surface area contributed by atoms with Crippen molar-refractivity contribution in [1.82, 2.24) is 9.80 Å². The maximum Gasteiger partial charge on any atom is 0.325 e. The van der Waals surface area contributed by atoms with Crippen LogP contribution in [0.5, 0.6) is 5.75 Å². The van der Waals surface area contributed by atoms with E-state index in [2.05, 4.69) is 4.90 Å². The van der Waals surface area contributed by atoms with Crippen LogP contribution in [0, 0.1) is 0 Å². The van der Waals surface area contributed by atoms with Crippen molar-refractivity contribution in [3.05, 3.63) is 29.8 Å².